The number of amides is 1. The highest BCUT2D eigenvalue weighted by molar-refractivity contribution is 14.0. The maximum atomic E-state index is 11.6. The third-order valence-electron chi connectivity index (χ3n) is 5.10. The molecule has 0 aromatic heterocycles. The molecule has 1 aliphatic heterocycles. The van der Waals surface area contributed by atoms with Gasteiger partial charge in [-0.1, -0.05) is 0 Å². The number of carbonyl (C=O) groups excluding carboxylic acids is 1. The minimum Gasteiger partial charge on any atom is -0.496 e. The van der Waals surface area contributed by atoms with Gasteiger partial charge in [0.25, 0.3) is 0 Å². The Balaban J connectivity index is 0.00000420. The summed E-state index contributed by atoms with van der Waals surface area (Å²) in [7, 11) is 8.32. The van der Waals surface area contributed by atoms with Crippen LogP contribution in [0, 0.1) is 5.92 Å². The van der Waals surface area contributed by atoms with Crippen LogP contribution in [-0.2, 0) is 11.3 Å². The van der Waals surface area contributed by atoms with Crippen molar-refractivity contribution in [2.75, 3.05) is 48.5 Å². The molecular formula is C20H33IN4O4. The lowest BCUT2D eigenvalue weighted by atomic mass is 9.93. The average molecular weight is 520 g/mol. The number of hydrogen-bond donors (Lipinski definition) is 2. The van der Waals surface area contributed by atoms with Gasteiger partial charge in [0.15, 0.2) is 17.5 Å². The van der Waals surface area contributed by atoms with E-state index in [1.54, 1.807) is 35.4 Å². The highest BCUT2D eigenvalue weighted by Crippen LogP contribution is 2.34. The number of likely N-dealkylation sites (tertiary alicyclic amines) is 1. The van der Waals surface area contributed by atoms with E-state index in [2.05, 4.69) is 20.5 Å². The second-order valence-corrected chi connectivity index (χ2v) is 6.73. The van der Waals surface area contributed by atoms with Crippen molar-refractivity contribution >= 4 is 35.8 Å². The van der Waals surface area contributed by atoms with Gasteiger partial charge in [0.2, 0.25) is 5.91 Å². The molecule has 164 valence electrons. The molecule has 0 saturated carbocycles. The van der Waals surface area contributed by atoms with E-state index in [0.717, 1.165) is 43.2 Å². The van der Waals surface area contributed by atoms with Crippen molar-refractivity contribution in [1.29, 1.82) is 0 Å². The number of benzene rings is 1. The van der Waals surface area contributed by atoms with Crippen molar-refractivity contribution in [3.63, 3.8) is 0 Å². The minimum atomic E-state index is 0. The Morgan fingerprint density at radius 1 is 1.10 bits per heavy atom. The first-order valence-electron chi connectivity index (χ1n) is 9.51. The molecule has 0 radical (unpaired) electrons. The van der Waals surface area contributed by atoms with E-state index in [0.29, 0.717) is 30.4 Å². The molecular weight excluding hydrogens is 487 g/mol. The van der Waals surface area contributed by atoms with Crippen LogP contribution in [-0.4, -0.2) is 65.3 Å². The Morgan fingerprint density at radius 3 is 2.21 bits per heavy atom. The maximum absolute atomic E-state index is 11.6. The molecule has 0 bridgehead atoms. The number of rotatable bonds is 7. The van der Waals surface area contributed by atoms with Gasteiger partial charge in [0, 0.05) is 51.8 Å². The van der Waals surface area contributed by atoms with Gasteiger partial charge in [-0.15, -0.1) is 24.0 Å². The fourth-order valence-electron chi connectivity index (χ4n) is 3.45. The van der Waals surface area contributed by atoms with Crippen molar-refractivity contribution < 1.29 is 19.0 Å². The summed E-state index contributed by atoms with van der Waals surface area (Å²) < 4.78 is 16.2. The summed E-state index contributed by atoms with van der Waals surface area (Å²) in [6, 6.07) is 3.73. The lowest BCUT2D eigenvalue weighted by Gasteiger charge is -2.34. The molecule has 8 nitrogen and oxygen atoms in total. The molecule has 2 N–H and O–H groups in total. The SMILES string of the molecule is CN=C(NCc1cc(OC)c(OC)cc1OC)N1CCC(CC(=O)NC)CC1.I. The summed E-state index contributed by atoms with van der Waals surface area (Å²) in [5.41, 5.74) is 0.954. The molecule has 0 aliphatic carbocycles. The molecule has 1 amide bonds. The zero-order chi connectivity index (χ0) is 20.5. The molecule has 0 atom stereocenters. The summed E-state index contributed by atoms with van der Waals surface area (Å²) in [6.45, 7) is 2.31. The average Bonchev–Trinajstić information content (AvgIpc) is 2.74. The summed E-state index contributed by atoms with van der Waals surface area (Å²) in [5, 5.41) is 6.11. The first-order chi connectivity index (χ1) is 13.6. The van der Waals surface area contributed by atoms with Crippen LogP contribution in [0.3, 0.4) is 0 Å². The number of ether oxygens (including phenoxy) is 3. The van der Waals surface area contributed by atoms with E-state index in [1.165, 1.54) is 0 Å². The normalized spacial score (nSPS) is 14.7. The van der Waals surface area contributed by atoms with Gasteiger partial charge >= 0.3 is 0 Å². The Kier molecular flexibility index (Phi) is 10.9. The van der Waals surface area contributed by atoms with Crippen LogP contribution in [0.1, 0.15) is 24.8 Å². The Morgan fingerprint density at radius 2 is 1.69 bits per heavy atom. The van der Waals surface area contributed by atoms with Crippen LogP contribution in [0.25, 0.3) is 0 Å². The van der Waals surface area contributed by atoms with Gasteiger partial charge in [-0.2, -0.15) is 0 Å². The first-order valence-corrected chi connectivity index (χ1v) is 9.51. The smallest absolute Gasteiger partial charge is 0.220 e. The molecule has 1 aromatic carbocycles. The van der Waals surface area contributed by atoms with Gasteiger partial charge in [-0.25, -0.2) is 0 Å². The van der Waals surface area contributed by atoms with Crippen LogP contribution in [0.5, 0.6) is 17.2 Å². The third-order valence-corrected chi connectivity index (χ3v) is 5.10. The summed E-state index contributed by atoms with van der Waals surface area (Å²) in [6.07, 6.45) is 2.56. The molecule has 1 fully saturated rings. The van der Waals surface area contributed by atoms with Crippen LogP contribution in [0.15, 0.2) is 17.1 Å². The topological polar surface area (TPSA) is 84.4 Å². The van der Waals surface area contributed by atoms with Crippen molar-refractivity contribution in [2.45, 2.75) is 25.8 Å². The highest BCUT2D eigenvalue weighted by atomic mass is 127. The van der Waals surface area contributed by atoms with Gasteiger partial charge in [0.1, 0.15) is 5.75 Å². The number of carbonyl (C=O) groups is 1. The Hall–Kier alpha value is -1.91. The molecule has 1 aliphatic rings. The molecule has 1 aromatic rings. The van der Waals surface area contributed by atoms with Crippen molar-refractivity contribution in [2.24, 2.45) is 10.9 Å². The summed E-state index contributed by atoms with van der Waals surface area (Å²) in [4.78, 5) is 18.2. The number of hydrogen-bond acceptors (Lipinski definition) is 5. The number of nitrogens with one attached hydrogen (secondary N) is 2. The lowest BCUT2D eigenvalue weighted by molar-refractivity contribution is -0.121. The molecule has 0 unspecified atom stereocenters. The summed E-state index contributed by atoms with van der Waals surface area (Å²) in [5.74, 6) is 3.40. The minimum absolute atomic E-state index is 0. The van der Waals surface area contributed by atoms with E-state index < -0.39 is 0 Å². The zero-order valence-electron chi connectivity index (χ0n) is 17.9. The third kappa shape index (κ3) is 6.83. The molecule has 29 heavy (non-hydrogen) atoms. The van der Waals surface area contributed by atoms with Crippen LogP contribution in [0.2, 0.25) is 0 Å². The van der Waals surface area contributed by atoms with Gasteiger partial charge in [-0.05, 0) is 24.8 Å². The van der Waals surface area contributed by atoms with E-state index in [9.17, 15) is 4.79 Å². The van der Waals surface area contributed by atoms with Crippen molar-refractivity contribution in [3.05, 3.63) is 17.7 Å². The predicted molar refractivity (Wildman–Crippen MR) is 125 cm³/mol. The van der Waals surface area contributed by atoms with Gasteiger partial charge in [-0.3, -0.25) is 9.79 Å². The van der Waals surface area contributed by atoms with Crippen molar-refractivity contribution in [3.8, 4) is 17.2 Å². The lowest BCUT2D eigenvalue weighted by Crippen LogP contribution is -2.45. The Bertz CT molecular complexity index is 691. The number of piperidine rings is 1. The second kappa shape index (κ2) is 12.6. The molecule has 2 rings (SSSR count). The van der Waals surface area contributed by atoms with Crippen LogP contribution >= 0.6 is 24.0 Å². The van der Waals surface area contributed by atoms with Gasteiger partial charge < -0.3 is 29.7 Å². The number of aliphatic imine (C=N–C) groups is 1. The molecule has 1 saturated heterocycles. The standard InChI is InChI=1S/C20H32N4O4.HI/c1-21-19(25)10-14-6-8-24(9-7-14)20(22-2)23-13-15-11-17(27-4)18(28-5)12-16(15)26-3;/h11-12,14H,6-10,13H2,1-5H3,(H,21,25)(H,22,23);1H. The van der Waals surface area contributed by atoms with E-state index >= 15 is 0 Å². The zero-order valence-corrected chi connectivity index (χ0v) is 20.2. The largest absolute Gasteiger partial charge is 0.496 e. The van der Waals surface area contributed by atoms with Gasteiger partial charge in [0.05, 0.1) is 21.3 Å². The Labute approximate surface area is 190 Å². The fourth-order valence-corrected chi connectivity index (χ4v) is 3.45. The molecule has 1 heterocycles. The maximum Gasteiger partial charge on any atom is 0.220 e. The molecule has 9 heteroatoms. The quantitative estimate of drug-likeness (QED) is 0.326. The number of methoxy groups -OCH3 is 3. The van der Waals surface area contributed by atoms with E-state index in [-0.39, 0.29) is 29.9 Å². The van der Waals surface area contributed by atoms with Crippen LogP contribution < -0.4 is 24.8 Å². The van der Waals surface area contributed by atoms with E-state index in [4.69, 9.17) is 14.2 Å². The number of halogens is 1. The first kappa shape index (κ1) is 25.1. The van der Waals surface area contributed by atoms with Crippen LogP contribution in [0.4, 0.5) is 0 Å². The van der Waals surface area contributed by atoms with Crippen molar-refractivity contribution in [1.82, 2.24) is 15.5 Å². The number of guanidine groups is 1. The monoisotopic (exact) mass is 520 g/mol. The number of nitrogens with zero attached hydrogens (tertiary/aromatic N) is 2. The summed E-state index contributed by atoms with van der Waals surface area (Å²) >= 11 is 0. The van der Waals surface area contributed by atoms with E-state index in [1.807, 2.05) is 12.1 Å². The predicted octanol–water partition coefficient (Wildman–Crippen LogP) is 2.25. The highest BCUT2D eigenvalue weighted by Gasteiger charge is 2.23. The fraction of sp³-hybridized carbons (Fsp3) is 0.600. The second-order valence-electron chi connectivity index (χ2n) is 6.73. The molecule has 0 spiro atoms.